The van der Waals surface area contributed by atoms with Gasteiger partial charge < -0.3 is 14.5 Å². The van der Waals surface area contributed by atoms with Crippen LogP contribution < -0.4 is 5.32 Å². The van der Waals surface area contributed by atoms with Gasteiger partial charge in [0.1, 0.15) is 15.6 Å². The van der Waals surface area contributed by atoms with Crippen LogP contribution in [-0.4, -0.2) is 23.5 Å². The lowest BCUT2D eigenvalue weighted by atomic mass is 10.1. The van der Waals surface area contributed by atoms with E-state index in [1.165, 1.54) is 23.2 Å². The Kier molecular flexibility index (Phi) is 6.26. The Morgan fingerprint density at radius 3 is 2.64 bits per heavy atom. The number of rotatable bonds is 7. The van der Waals surface area contributed by atoms with Gasteiger partial charge in [0.25, 0.3) is 5.91 Å². The van der Waals surface area contributed by atoms with Crippen LogP contribution in [0.25, 0.3) is 10.6 Å². The van der Waals surface area contributed by atoms with Crippen LogP contribution in [0.1, 0.15) is 46.6 Å². The van der Waals surface area contributed by atoms with Gasteiger partial charge in [-0.1, -0.05) is 31.2 Å². The Labute approximate surface area is 167 Å². The first kappa shape index (κ1) is 19.8. The summed E-state index contributed by atoms with van der Waals surface area (Å²) in [5.41, 5.74) is 2.79. The number of ether oxygens (including phenoxy) is 1. The van der Waals surface area contributed by atoms with Gasteiger partial charge in [-0.15, -0.1) is 11.3 Å². The third-order valence-corrected chi connectivity index (χ3v) is 5.46. The zero-order valence-electron chi connectivity index (χ0n) is 16.0. The largest absolute Gasteiger partial charge is 0.467 e. The van der Waals surface area contributed by atoms with Gasteiger partial charge in [0, 0.05) is 5.56 Å². The monoisotopic (exact) mass is 398 g/mol. The first-order valence-corrected chi connectivity index (χ1v) is 9.86. The van der Waals surface area contributed by atoms with Gasteiger partial charge in [-0.05, 0) is 38.0 Å². The van der Waals surface area contributed by atoms with Crippen molar-refractivity contribution >= 4 is 23.2 Å². The maximum atomic E-state index is 12.4. The highest BCUT2D eigenvalue weighted by atomic mass is 32.1. The molecule has 0 aliphatic carbocycles. The summed E-state index contributed by atoms with van der Waals surface area (Å²) < 4.78 is 10.4. The Morgan fingerprint density at radius 1 is 1.25 bits per heavy atom. The van der Waals surface area contributed by atoms with Crippen LogP contribution in [0.5, 0.6) is 0 Å². The average Bonchev–Trinajstić information content (AvgIpc) is 3.36. The molecule has 0 spiro atoms. The lowest BCUT2D eigenvalue weighted by molar-refractivity contribution is -0.125. The summed E-state index contributed by atoms with van der Waals surface area (Å²) in [5, 5.41) is 3.48. The van der Waals surface area contributed by atoms with Gasteiger partial charge in [-0.25, -0.2) is 9.78 Å². The number of aromatic nitrogens is 1. The molecule has 1 aromatic carbocycles. The molecule has 0 unspecified atom stereocenters. The summed E-state index contributed by atoms with van der Waals surface area (Å²) in [7, 11) is 0. The van der Waals surface area contributed by atoms with Crippen molar-refractivity contribution in [1.29, 1.82) is 0 Å². The molecule has 0 bridgehead atoms. The first-order valence-electron chi connectivity index (χ1n) is 9.04. The fourth-order valence-electron chi connectivity index (χ4n) is 2.68. The van der Waals surface area contributed by atoms with E-state index in [2.05, 4.69) is 29.4 Å². The highest BCUT2D eigenvalue weighted by molar-refractivity contribution is 7.17. The molecule has 0 radical (unpaired) electrons. The van der Waals surface area contributed by atoms with Crippen molar-refractivity contribution in [2.45, 2.75) is 33.2 Å². The number of hydrogen-bond donors (Lipinski definition) is 1. The molecule has 0 saturated heterocycles. The minimum absolute atomic E-state index is 0.302. The summed E-state index contributed by atoms with van der Waals surface area (Å²) in [6, 6.07) is 11.3. The minimum atomic E-state index is -0.549. The zero-order chi connectivity index (χ0) is 20.1. The van der Waals surface area contributed by atoms with Crippen molar-refractivity contribution in [3.8, 4) is 10.6 Å². The minimum Gasteiger partial charge on any atom is -0.467 e. The third kappa shape index (κ3) is 4.67. The van der Waals surface area contributed by atoms with Gasteiger partial charge in [0.2, 0.25) is 0 Å². The molecule has 0 saturated carbocycles. The maximum absolute atomic E-state index is 12.4. The number of nitrogens with zero attached hydrogens (tertiary/aromatic N) is 1. The van der Waals surface area contributed by atoms with Crippen LogP contribution in [0.2, 0.25) is 0 Å². The number of thiazole rings is 1. The van der Waals surface area contributed by atoms with Gasteiger partial charge in [-0.3, -0.25) is 4.79 Å². The van der Waals surface area contributed by atoms with Gasteiger partial charge in [0.05, 0.1) is 18.0 Å². The highest BCUT2D eigenvalue weighted by Crippen LogP contribution is 2.28. The molecule has 1 N–H and O–H groups in total. The molecule has 3 aromatic rings. The van der Waals surface area contributed by atoms with E-state index in [0.29, 0.717) is 16.3 Å². The van der Waals surface area contributed by atoms with Crippen molar-refractivity contribution in [2.75, 3.05) is 6.61 Å². The van der Waals surface area contributed by atoms with Crippen molar-refractivity contribution in [1.82, 2.24) is 10.3 Å². The predicted molar refractivity (Wildman–Crippen MR) is 107 cm³/mol. The van der Waals surface area contributed by atoms with Crippen LogP contribution in [0.15, 0.2) is 47.1 Å². The quantitative estimate of drug-likeness (QED) is 0.600. The van der Waals surface area contributed by atoms with Crippen LogP contribution in [0.3, 0.4) is 0 Å². The Morgan fingerprint density at radius 2 is 2.00 bits per heavy atom. The van der Waals surface area contributed by atoms with Crippen LogP contribution in [0, 0.1) is 6.92 Å². The second-order valence-corrected chi connectivity index (χ2v) is 7.36. The number of amides is 1. The number of benzene rings is 1. The summed E-state index contributed by atoms with van der Waals surface area (Å²) in [6.07, 6.45) is 2.51. The fourth-order valence-corrected chi connectivity index (χ4v) is 3.65. The summed E-state index contributed by atoms with van der Waals surface area (Å²) in [4.78, 5) is 29.3. The van der Waals surface area contributed by atoms with E-state index in [0.717, 1.165) is 17.0 Å². The van der Waals surface area contributed by atoms with Gasteiger partial charge in [0.15, 0.2) is 6.61 Å². The number of carbonyl (C=O) groups is 2. The number of aryl methyl sites for hydroxylation is 2. The molecule has 2 aromatic heterocycles. The molecule has 0 aliphatic rings. The molecule has 7 heteroatoms. The molecular formula is C21H22N2O4S. The Balaban J connectivity index is 1.59. The Bertz CT molecular complexity index is 945. The smallest absolute Gasteiger partial charge is 0.350 e. The van der Waals surface area contributed by atoms with Crippen molar-refractivity contribution in [3.05, 3.63) is 64.6 Å². The summed E-state index contributed by atoms with van der Waals surface area (Å²) in [5.74, 6) is -0.307. The van der Waals surface area contributed by atoms with E-state index in [4.69, 9.17) is 9.15 Å². The molecule has 6 nitrogen and oxygen atoms in total. The van der Waals surface area contributed by atoms with Crippen molar-refractivity contribution in [3.63, 3.8) is 0 Å². The first-order chi connectivity index (χ1) is 13.5. The molecule has 146 valence electrons. The molecular weight excluding hydrogens is 376 g/mol. The topological polar surface area (TPSA) is 81.4 Å². The van der Waals surface area contributed by atoms with Crippen LogP contribution in [0.4, 0.5) is 0 Å². The molecule has 2 heterocycles. The average molecular weight is 398 g/mol. The molecule has 1 amide bonds. The number of esters is 1. The second kappa shape index (κ2) is 8.84. The Hall–Kier alpha value is -2.93. The van der Waals surface area contributed by atoms with E-state index in [-0.39, 0.29) is 12.6 Å². The number of carbonyl (C=O) groups excluding carboxylic acids is 2. The summed E-state index contributed by atoms with van der Waals surface area (Å²) in [6.45, 7) is 5.29. The van der Waals surface area contributed by atoms with Crippen molar-refractivity contribution in [2.24, 2.45) is 0 Å². The van der Waals surface area contributed by atoms with Crippen LogP contribution in [-0.2, 0) is 16.0 Å². The maximum Gasteiger partial charge on any atom is 0.350 e. The molecule has 0 fully saturated rings. The lowest BCUT2D eigenvalue weighted by Crippen LogP contribution is -2.30. The van der Waals surface area contributed by atoms with E-state index < -0.39 is 11.9 Å². The number of furan rings is 1. The molecule has 1 atom stereocenters. The van der Waals surface area contributed by atoms with Crippen molar-refractivity contribution < 1.29 is 18.7 Å². The molecule has 0 aliphatic heterocycles. The fraction of sp³-hybridized carbons (Fsp3) is 0.286. The van der Waals surface area contributed by atoms with E-state index in [1.54, 1.807) is 26.0 Å². The SMILES string of the molecule is CCc1ccc(-c2nc(C)c(C(=O)OCC(=O)N[C@H](C)c3ccco3)s2)cc1. The highest BCUT2D eigenvalue weighted by Gasteiger charge is 2.19. The standard InChI is InChI=1S/C21H22N2O4S/c1-4-15-7-9-16(10-8-15)20-23-14(3)19(28-20)21(25)27-12-18(24)22-13(2)17-6-5-11-26-17/h5-11,13H,4,12H2,1-3H3,(H,22,24)/t13-/m1/s1. The van der Waals surface area contributed by atoms with Crippen LogP contribution >= 0.6 is 11.3 Å². The van der Waals surface area contributed by atoms with E-state index >= 15 is 0 Å². The second-order valence-electron chi connectivity index (χ2n) is 6.36. The zero-order valence-corrected chi connectivity index (χ0v) is 16.8. The number of hydrogen-bond acceptors (Lipinski definition) is 6. The third-order valence-electron chi connectivity index (χ3n) is 4.27. The normalized spacial score (nSPS) is 11.8. The number of nitrogens with one attached hydrogen (secondary N) is 1. The van der Waals surface area contributed by atoms with Gasteiger partial charge >= 0.3 is 5.97 Å². The lowest BCUT2D eigenvalue weighted by Gasteiger charge is -2.11. The molecule has 28 heavy (non-hydrogen) atoms. The van der Waals surface area contributed by atoms with E-state index in [9.17, 15) is 9.59 Å². The molecule has 3 rings (SSSR count). The van der Waals surface area contributed by atoms with Gasteiger partial charge in [-0.2, -0.15) is 0 Å². The summed E-state index contributed by atoms with van der Waals surface area (Å²) >= 11 is 1.27. The van der Waals surface area contributed by atoms with E-state index in [1.807, 2.05) is 12.1 Å². The predicted octanol–water partition coefficient (Wildman–Crippen LogP) is 4.31.